The molecule has 1 amide bonds. The average Bonchev–Trinajstić information content (AvgIpc) is 3.06. The molecule has 0 spiro atoms. The fraction of sp³-hybridized carbons (Fsp3) is 0.350. The lowest BCUT2D eigenvalue weighted by molar-refractivity contribution is -0.132. The van der Waals surface area contributed by atoms with Crippen molar-refractivity contribution in [2.75, 3.05) is 13.2 Å². The van der Waals surface area contributed by atoms with Gasteiger partial charge in [0, 0.05) is 12.6 Å². The van der Waals surface area contributed by atoms with Gasteiger partial charge in [-0.1, -0.05) is 30.3 Å². The normalized spacial score (nSPS) is 17.0. The molecule has 1 saturated heterocycles. The van der Waals surface area contributed by atoms with Gasteiger partial charge < -0.3 is 9.64 Å². The number of likely N-dealkylation sites (tertiary alicyclic amines) is 1. The molecular formula is C20H22FNO2. The maximum Gasteiger partial charge on any atom is 0.226 e. The first kappa shape index (κ1) is 16.5. The molecule has 2 aromatic carbocycles. The van der Waals surface area contributed by atoms with Crippen LogP contribution < -0.4 is 4.74 Å². The maximum atomic E-state index is 13.0. The third kappa shape index (κ3) is 4.34. The summed E-state index contributed by atoms with van der Waals surface area (Å²) in [7, 11) is 0. The van der Waals surface area contributed by atoms with Crippen LogP contribution in [0.4, 0.5) is 4.39 Å². The van der Waals surface area contributed by atoms with Crippen LogP contribution in [0, 0.1) is 5.82 Å². The summed E-state index contributed by atoms with van der Waals surface area (Å²) in [6, 6.07) is 16.3. The molecule has 0 radical (unpaired) electrons. The Balaban J connectivity index is 1.50. The highest BCUT2D eigenvalue weighted by molar-refractivity contribution is 5.77. The summed E-state index contributed by atoms with van der Waals surface area (Å²) in [6.07, 6.45) is 3.19. The smallest absolute Gasteiger partial charge is 0.226 e. The Morgan fingerprint density at radius 1 is 1.12 bits per heavy atom. The molecule has 24 heavy (non-hydrogen) atoms. The lowest BCUT2D eigenvalue weighted by atomic mass is 10.0. The van der Waals surface area contributed by atoms with Gasteiger partial charge in [0.25, 0.3) is 0 Å². The van der Waals surface area contributed by atoms with Crippen molar-refractivity contribution in [3.8, 4) is 5.75 Å². The molecule has 0 saturated carbocycles. The van der Waals surface area contributed by atoms with Crippen molar-refractivity contribution in [2.24, 2.45) is 0 Å². The molecule has 1 unspecified atom stereocenters. The van der Waals surface area contributed by atoms with Gasteiger partial charge in [0.15, 0.2) is 0 Å². The SMILES string of the molecule is O=C(CCOc1ccccc1)N1CCCC1Cc1ccc(F)cc1. The van der Waals surface area contributed by atoms with Gasteiger partial charge in [0.2, 0.25) is 5.91 Å². The largest absolute Gasteiger partial charge is 0.493 e. The number of hydrogen-bond acceptors (Lipinski definition) is 2. The summed E-state index contributed by atoms with van der Waals surface area (Å²) in [5.41, 5.74) is 1.07. The van der Waals surface area contributed by atoms with Crippen molar-refractivity contribution in [2.45, 2.75) is 31.7 Å². The van der Waals surface area contributed by atoms with E-state index in [1.54, 1.807) is 12.1 Å². The number of amides is 1. The van der Waals surface area contributed by atoms with Gasteiger partial charge in [-0.15, -0.1) is 0 Å². The highest BCUT2D eigenvalue weighted by Crippen LogP contribution is 2.22. The minimum absolute atomic E-state index is 0.135. The molecule has 2 aromatic rings. The van der Waals surface area contributed by atoms with Crippen LogP contribution in [0.15, 0.2) is 54.6 Å². The molecule has 0 N–H and O–H groups in total. The molecule has 0 aromatic heterocycles. The zero-order chi connectivity index (χ0) is 16.8. The number of benzene rings is 2. The molecule has 1 heterocycles. The monoisotopic (exact) mass is 327 g/mol. The van der Waals surface area contributed by atoms with Crippen LogP contribution in [0.5, 0.6) is 5.75 Å². The fourth-order valence-electron chi connectivity index (χ4n) is 3.19. The van der Waals surface area contributed by atoms with Crippen molar-refractivity contribution in [1.82, 2.24) is 4.90 Å². The standard InChI is InChI=1S/C20H22FNO2/c21-17-10-8-16(9-11-17)15-18-5-4-13-22(18)20(23)12-14-24-19-6-2-1-3-7-19/h1-3,6-11,18H,4-5,12-15H2. The second kappa shape index (κ2) is 7.95. The molecular weight excluding hydrogens is 305 g/mol. The predicted octanol–water partition coefficient (Wildman–Crippen LogP) is 3.83. The van der Waals surface area contributed by atoms with E-state index in [2.05, 4.69) is 0 Å². The van der Waals surface area contributed by atoms with Crippen molar-refractivity contribution >= 4 is 5.91 Å². The number of rotatable bonds is 6. The Morgan fingerprint density at radius 3 is 2.62 bits per heavy atom. The Kier molecular flexibility index (Phi) is 5.47. The zero-order valence-corrected chi connectivity index (χ0v) is 13.7. The first-order valence-corrected chi connectivity index (χ1v) is 8.44. The van der Waals surface area contributed by atoms with Crippen LogP contribution in [-0.4, -0.2) is 30.0 Å². The van der Waals surface area contributed by atoms with E-state index in [-0.39, 0.29) is 17.8 Å². The Morgan fingerprint density at radius 2 is 1.88 bits per heavy atom. The van der Waals surface area contributed by atoms with Crippen LogP contribution in [-0.2, 0) is 11.2 Å². The number of hydrogen-bond donors (Lipinski definition) is 0. The van der Waals surface area contributed by atoms with Gasteiger partial charge in [0.05, 0.1) is 13.0 Å². The molecule has 0 bridgehead atoms. The maximum absolute atomic E-state index is 13.0. The Bertz CT molecular complexity index is 657. The third-order valence-corrected chi connectivity index (χ3v) is 4.41. The Hall–Kier alpha value is -2.36. The summed E-state index contributed by atoms with van der Waals surface area (Å²) < 4.78 is 18.6. The molecule has 126 valence electrons. The van der Waals surface area contributed by atoms with E-state index in [4.69, 9.17) is 4.74 Å². The molecule has 0 aliphatic carbocycles. The van der Waals surface area contributed by atoms with E-state index in [0.29, 0.717) is 13.0 Å². The lowest BCUT2D eigenvalue weighted by Crippen LogP contribution is -2.37. The van der Waals surface area contributed by atoms with Crippen molar-refractivity contribution in [1.29, 1.82) is 0 Å². The van der Waals surface area contributed by atoms with Gasteiger partial charge in [-0.25, -0.2) is 4.39 Å². The van der Waals surface area contributed by atoms with Crippen molar-refractivity contribution in [3.63, 3.8) is 0 Å². The van der Waals surface area contributed by atoms with E-state index in [0.717, 1.165) is 37.1 Å². The number of carbonyl (C=O) groups is 1. The summed E-state index contributed by atoms with van der Waals surface area (Å²) in [5.74, 6) is 0.696. The van der Waals surface area contributed by atoms with E-state index in [9.17, 15) is 9.18 Å². The number of nitrogens with zero attached hydrogens (tertiary/aromatic N) is 1. The molecule has 1 aliphatic rings. The van der Waals surface area contributed by atoms with Crippen LogP contribution in [0.2, 0.25) is 0 Å². The van der Waals surface area contributed by atoms with Gasteiger partial charge in [-0.2, -0.15) is 0 Å². The zero-order valence-electron chi connectivity index (χ0n) is 13.7. The van der Waals surface area contributed by atoms with Crippen LogP contribution >= 0.6 is 0 Å². The second-order valence-corrected chi connectivity index (χ2v) is 6.13. The second-order valence-electron chi connectivity index (χ2n) is 6.13. The molecule has 1 aliphatic heterocycles. The summed E-state index contributed by atoms with van der Waals surface area (Å²) in [5, 5.41) is 0. The summed E-state index contributed by atoms with van der Waals surface area (Å²) in [6.45, 7) is 1.19. The van der Waals surface area contributed by atoms with Gasteiger partial charge in [0.1, 0.15) is 11.6 Å². The van der Waals surface area contributed by atoms with E-state index >= 15 is 0 Å². The first-order valence-electron chi connectivity index (χ1n) is 8.44. The first-order chi connectivity index (χ1) is 11.7. The van der Waals surface area contributed by atoms with E-state index in [1.807, 2.05) is 35.2 Å². The fourth-order valence-corrected chi connectivity index (χ4v) is 3.19. The number of carbonyl (C=O) groups excluding carboxylic acids is 1. The summed E-state index contributed by atoms with van der Waals surface area (Å²) >= 11 is 0. The van der Waals surface area contributed by atoms with Gasteiger partial charge >= 0.3 is 0 Å². The van der Waals surface area contributed by atoms with Crippen LogP contribution in [0.1, 0.15) is 24.8 Å². The van der Waals surface area contributed by atoms with Crippen LogP contribution in [0.3, 0.4) is 0 Å². The Labute approximate surface area is 142 Å². The topological polar surface area (TPSA) is 29.5 Å². The number of ether oxygens (including phenoxy) is 1. The van der Waals surface area contributed by atoms with Crippen molar-refractivity contribution in [3.05, 3.63) is 66.0 Å². The molecule has 1 atom stereocenters. The minimum Gasteiger partial charge on any atom is -0.493 e. The lowest BCUT2D eigenvalue weighted by Gasteiger charge is -2.25. The van der Waals surface area contributed by atoms with E-state index < -0.39 is 0 Å². The molecule has 4 heteroatoms. The highest BCUT2D eigenvalue weighted by Gasteiger charge is 2.28. The average molecular weight is 327 g/mol. The molecule has 3 nitrogen and oxygen atoms in total. The van der Waals surface area contributed by atoms with Gasteiger partial charge in [-0.05, 0) is 49.1 Å². The number of halogens is 1. The summed E-state index contributed by atoms with van der Waals surface area (Å²) in [4.78, 5) is 14.4. The highest BCUT2D eigenvalue weighted by atomic mass is 19.1. The van der Waals surface area contributed by atoms with Gasteiger partial charge in [-0.3, -0.25) is 4.79 Å². The third-order valence-electron chi connectivity index (χ3n) is 4.41. The predicted molar refractivity (Wildman–Crippen MR) is 91.4 cm³/mol. The van der Waals surface area contributed by atoms with Crippen molar-refractivity contribution < 1.29 is 13.9 Å². The van der Waals surface area contributed by atoms with E-state index in [1.165, 1.54) is 12.1 Å². The minimum atomic E-state index is -0.226. The van der Waals surface area contributed by atoms with Crippen LogP contribution in [0.25, 0.3) is 0 Å². The number of para-hydroxylation sites is 1. The quantitative estimate of drug-likeness (QED) is 0.807. The molecule has 1 fully saturated rings. The molecule has 3 rings (SSSR count).